The lowest BCUT2D eigenvalue weighted by Gasteiger charge is -2.26. The van der Waals surface area contributed by atoms with Crippen molar-refractivity contribution in [2.75, 3.05) is 36.4 Å². The highest BCUT2D eigenvalue weighted by Gasteiger charge is 2.31. The molecule has 1 amide bonds. The highest BCUT2D eigenvalue weighted by atomic mass is 32.2. The van der Waals surface area contributed by atoms with Crippen molar-refractivity contribution in [1.82, 2.24) is 15.6 Å². The molecule has 48 heavy (non-hydrogen) atoms. The Morgan fingerprint density at radius 1 is 1.15 bits per heavy atom. The Kier molecular flexibility index (Phi) is 12.0. The third-order valence-electron chi connectivity index (χ3n) is 7.79. The van der Waals surface area contributed by atoms with Crippen LogP contribution >= 0.6 is 0 Å². The van der Waals surface area contributed by atoms with Gasteiger partial charge in [0.2, 0.25) is 10.0 Å². The predicted octanol–water partition coefficient (Wildman–Crippen LogP) is 4.41. The number of rotatable bonds is 16. The first-order valence-electron chi connectivity index (χ1n) is 15.5. The number of carbonyl (C=O) groups is 1. The Labute approximate surface area is 279 Å². The third-order valence-corrected chi connectivity index (χ3v) is 9.93. The molecule has 0 radical (unpaired) electrons. The molecule has 1 saturated carbocycles. The number of hydrogen-bond acceptors (Lipinski definition) is 8. The van der Waals surface area contributed by atoms with Gasteiger partial charge in [-0.05, 0) is 74.6 Å². The standard InChI is InChI=1S/C34H40F3N5O5S/c1-5-23-8-7-11-28(15-23)47-21-29(30(43)20-38-18-25-9-6-10-27(14-25)34(35,36)37)40-33(44)26-16-31(39-19-24-12-13-24)41-32(17-26)42(4)48(45,46)22(2)3/h1,6-11,14-17,22,24,29-30,38,43H,12-13,18-21H2,2-4H3,(H,39,41)(H,40,44)/t29-,30+/m0/s1. The van der Waals surface area contributed by atoms with Crippen LogP contribution in [0.5, 0.6) is 5.75 Å². The van der Waals surface area contributed by atoms with E-state index in [1.807, 2.05) is 0 Å². The number of aromatic nitrogens is 1. The lowest BCUT2D eigenvalue weighted by molar-refractivity contribution is -0.137. The summed E-state index contributed by atoms with van der Waals surface area (Å²) in [6.07, 6.45) is 1.87. The number of alkyl halides is 3. The average molecular weight is 688 g/mol. The van der Waals surface area contributed by atoms with Crippen LogP contribution in [0.2, 0.25) is 0 Å². The Morgan fingerprint density at radius 2 is 1.88 bits per heavy atom. The number of anilines is 2. The van der Waals surface area contributed by atoms with Gasteiger partial charge in [-0.15, -0.1) is 6.42 Å². The van der Waals surface area contributed by atoms with Gasteiger partial charge in [0, 0.05) is 37.8 Å². The van der Waals surface area contributed by atoms with Gasteiger partial charge in [0.1, 0.15) is 24.0 Å². The quantitative estimate of drug-likeness (QED) is 0.163. The number of terminal acetylenes is 1. The Balaban J connectivity index is 1.55. The maximum Gasteiger partial charge on any atom is 0.416 e. The fourth-order valence-electron chi connectivity index (χ4n) is 4.64. The molecular weight excluding hydrogens is 647 g/mol. The van der Waals surface area contributed by atoms with E-state index in [1.165, 1.54) is 31.3 Å². The summed E-state index contributed by atoms with van der Waals surface area (Å²) in [7, 11) is -2.40. The van der Waals surface area contributed by atoms with Crippen LogP contribution in [0.25, 0.3) is 0 Å². The number of nitrogens with zero attached hydrogens (tertiary/aromatic N) is 2. The molecule has 14 heteroatoms. The van der Waals surface area contributed by atoms with Crippen molar-refractivity contribution in [1.29, 1.82) is 0 Å². The zero-order chi connectivity index (χ0) is 35.1. The summed E-state index contributed by atoms with van der Waals surface area (Å²) in [4.78, 5) is 18.2. The van der Waals surface area contributed by atoms with E-state index >= 15 is 0 Å². The zero-order valence-corrected chi connectivity index (χ0v) is 27.7. The monoisotopic (exact) mass is 687 g/mol. The summed E-state index contributed by atoms with van der Waals surface area (Å²) in [6.45, 7) is 3.41. The largest absolute Gasteiger partial charge is 0.491 e. The first-order valence-corrected chi connectivity index (χ1v) is 17.0. The van der Waals surface area contributed by atoms with Gasteiger partial charge >= 0.3 is 6.18 Å². The maximum atomic E-state index is 13.7. The van der Waals surface area contributed by atoms with Crippen LogP contribution in [0.3, 0.4) is 0 Å². The van der Waals surface area contributed by atoms with Crippen molar-refractivity contribution in [2.45, 2.75) is 56.8 Å². The van der Waals surface area contributed by atoms with Crippen LogP contribution in [0.4, 0.5) is 24.8 Å². The van der Waals surface area contributed by atoms with Gasteiger partial charge in [0.15, 0.2) is 0 Å². The molecule has 1 aliphatic carbocycles. The van der Waals surface area contributed by atoms with Gasteiger partial charge in [-0.1, -0.05) is 30.2 Å². The normalized spacial score (nSPS) is 14.6. The van der Waals surface area contributed by atoms with Crippen molar-refractivity contribution in [3.05, 3.63) is 82.9 Å². The molecule has 1 aromatic heterocycles. The molecule has 2 atom stereocenters. The summed E-state index contributed by atoms with van der Waals surface area (Å²) >= 11 is 0. The molecule has 0 bridgehead atoms. The molecule has 258 valence electrons. The number of ether oxygens (including phenoxy) is 1. The Hall–Kier alpha value is -4.32. The zero-order valence-electron chi connectivity index (χ0n) is 26.9. The number of pyridine rings is 1. The summed E-state index contributed by atoms with van der Waals surface area (Å²) in [5.41, 5.74) is 0.223. The van der Waals surface area contributed by atoms with Gasteiger partial charge in [0.25, 0.3) is 5.91 Å². The fourth-order valence-corrected chi connectivity index (χ4v) is 5.63. The topological polar surface area (TPSA) is 133 Å². The van der Waals surface area contributed by atoms with Crippen LogP contribution in [-0.2, 0) is 22.7 Å². The highest BCUT2D eigenvalue weighted by Crippen LogP contribution is 2.30. The molecule has 0 unspecified atom stereocenters. The number of aliphatic hydroxyl groups excluding tert-OH is 1. The SMILES string of the molecule is C#Cc1cccc(OC[C@H](NC(=O)c2cc(NCC3CC3)nc(N(C)S(=O)(=O)C(C)C)c2)[C@H](O)CNCc2cccc(C(F)(F)F)c2)c1. The predicted molar refractivity (Wildman–Crippen MR) is 178 cm³/mol. The molecule has 3 aromatic rings. The Bertz CT molecular complexity index is 1720. The first kappa shape index (κ1) is 36.5. The van der Waals surface area contributed by atoms with Crippen molar-refractivity contribution in [3.63, 3.8) is 0 Å². The molecule has 1 heterocycles. The van der Waals surface area contributed by atoms with E-state index in [1.54, 1.807) is 38.1 Å². The second-order valence-corrected chi connectivity index (χ2v) is 14.5. The van der Waals surface area contributed by atoms with Gasteiger partial charge in [0.05, 0.1) is 23.0 Å². The van der Waals surface area contributed by atoms with Gasteiger partial charge < -0.3 is 25.8 Å². The van der Waals surface area contributed by atoms with Crippen LogP contribution in [-0.4, -0.2) is 68.6 Å². The van der Waals surface area contributed by atoms with E-state index < -0.39 is 45.1 Å². The lowest BCUT2D eigenvalue weighted by Crippen LogP contribution is -2.50. The van der Waals surface area contributed by atoms with Crippen molar-refractivity contribution in [3.8, 4) is 18.1 Å². The second kappa shape index (κ2) is 15.7. The van der Waals surface area contributed by atoms with E-state index in [0.717, 1.165) is 29.3 Å². The number of amides is 1. The molecule has 0 saturated heterocycles. The summed E-state index contributed by atoms with van der Waals surface area (Å²) < 4.78 is 72.3. The molecule has 0 aliphatic heterocycles. The minimum atomic E-state index is -4.49. The summed E-state index contributed by atoms with van der Waals surface area (Å²) in [5, 5.41) is 19.3. The van der Waals surface area contributed by atoms with Crippen molar-refractivity contribution < 1.29 is 36.2 Å². The molecule has 1 aliphatic rings. The van der Waals surface area contributed by atoms with Crippen molar-refractivity contribution >= 4 is 27.6 Å². The van der Waals surface area contributed by atoms with Crippen molar-refractivity contribution in [2.24, 2.45) is 5.92 Å². The van der Waals surface area contributed by atoms with E-state index in [2.05, 4.69) is 26.9 Å². The number of aliphatic hydroxyl groups is 1. The minimum Gasteiger partial charge on any atom is -0.491 e. The lowest BCUT2D eigenvalue weighted by atomic mass is 10.1. The number of nitrogens with one attached hydrogen (secondary N) is 3. The minimum absolute atomic E-state index is 0.0209. The highest BCUT2D eigenvalue weighted by molar-refractivity contribution is 7.93. The Morgan fingerprint density at radius 3 is 2.54 bits per heavy atom. The number of carbonyl (C=O) groups excluding carboxylic acids is 1. The molecule has 1 fully saturated rings. The maximum absolute atomic E-state index is 13.7. The number of hydrogen-bond donors (Lipinski definition) is 4. The average Bonchev–Trinajstić information content (AvgIpc) is 3.89. The number of halogens is 3. The fraction of sp³-hybridized carbons (Fsp3) is 0.412. The number of benzene rings is 2. The summed E-state index contributed by atoms with van der Waals surface area (Å²) in [5.74, 6) is 3.10. The van der Waals surface area contributed by atoms with Gasteiger partial charge in [-0.2, -0.15) is 13.2 Å². The van der Waals surface area contributed by atoms with Gasteiger partial charge in [-0.25, -0.2) is 13.4 Å². The first-order chi connectivity index (χ1) is 22.7. The van der Waals surface area contributed by atoms with E-state index in [4.69, 9.17) is 11.2 Å². The molecule has 4 N–H and O–H groups in total. The molecule has 2 aromatic carbocycles. The van der Waals surface area contributed by atoms with Crippen LogP contribution in [0.15, 0.2) is 60.7 Å². The number of sulfonamides is 1. The van der Waals surface area contributed by atoms with Crippen LogP contribution in [0, 0.1) is 18.3 Å². The summed E-state index contributed by atoms with van der Waals surface area (Å²) in [6, 6.07) is 13.4. The van der Waals surface area contributed by atoms with E-state index in [-0.39, 0.29) is 31.1 Å². The smallest absolute Gasteiger partial charge is 0.416 e. The molecule has 10 nitrogen and oxygen atoms in total. The molecular formula is C34H40F3N5O5S. The molecule has 4 rings (SSSR count). The van der Waals surface area contributed by atoms with Crippen LogP contribution in [0.1, 0.15) is 53.7 Å². The van der Waals surface area contributed by atoms with E-state index in [9.17, 15) is 31.5 Å². The van der Waals surface area contributed by atoms with Gasteiger partial charge in [-0.3, -0.25) is 9.10 Å². The third kappa shape index (κ3) is 10.1. The van der Waals surface area contributed by atoms with Crippen LogP contribution < -0.4 is 25.0 Å². The van der Waals surface area contributed by atoms with E-state index in [0.29, 0.717) is 35.2 Å². The second-order valence-electron chi connectivity index (χ2n) is 11.9. The molecule has 0 spiro atoms.